The van der Waals surface area contributed by atoms with E-state index in [4.69, 9.17) is 0 Å². The second kappa shape index (κ2) is 4.23. The van der Waals surface area contributed by atoms with E-state index in [9.17, 15) is 0 Å². The average molecular weight is 390 g/mol. The van der Waals surface area contributed by atoms with Crippen molar-refractivity contribution in [1.29, 1.82) is 0 Å². The number of benzene rings is 1. The SMILES string of the molecule is Cc1cc(Br)c(CBr)c(I)c1. The van der Waals surface area contributed by atoms with Crippen molar-refractivity contribution in [2.75, 3.05) is 0 Å². The molecule has 0 aromatic heterocycles. The molecule has 0 aliphatic heterocycles. The van der Waals surface area contributed by atoms with Crippen LogP contribution >= 0.6 is 54.5 Å². The van der Waals surface area contributed by atoms with Gasteiger partial charge in [0, 0.05) is 13.4 Å². The van der Waals surface area contributed by atoms with Crippen molar-refractivity contribution < 1.29 is 0 Å². The molecule has 0 heterocycles. The normalized spacial score (nSPS) is 10.2. The van der Waals surface area contributed by atoms with Gasteiger partial charge in [-0.25, -0.2) is 0 Å². The number of aryl methyl sites for hydroxylation is 1. The Morgan fingerprint density at radius 1 is 1.45 bits per heavy atom. The molecular weight excluding hydrogens is 383 g/mol. The Kier molecular flexibility index (Phi) is 3.85. The predicted molar refractivity (Wildman–Crippen MR) is 64.2 cm³/mol. The van der Waals surface area contributed by atoms with Gasteiger partial charge in [0.25, 0.3) is 0 Å². The Hall–Kier alpha value is 0.910. The highest BCUT2D eigenvalue weighted by atomic mass is 127. The molecule has 0 nitrogen and oxygen atoms in total. The zero-order chi connectivity index (χ0) is 8.43. The smallest absolute Gasteiger partial charge is 0.0304 e. The van der Waals surface area contributed by atoms with Gasteiger partial charge in [0.05, 0.1) is 0 Å². The van der Waals surface area contributed by atoms with Gasteiger partial charge in [-0.2, -0.15) is 0 Å². The first kappa shape index (κ1) is 9.99. The Labute approximate surface area is 97.2 Å². The molecule has 0 aliphatic rings. The summed E-state index contributed by atoms with van der Waals surface area (Å²) in [5, 5.41) is 0.909. The molecule has 60 valence electrons. The lowest BCUT2D eigenvalue weighted by molar-refractivity contribution is 1.31. The summed E-state index contributed by atoms with van der Waals surface area (Å²) in [6.07, 6.45) is 0. The standard InChI is InChI=1S/C8H7Br2I/c1-5-2-7(10)6(4-9)8(11)3-5/h2-3H,4H2,1H3. The lowest BCUT2D eigenvalue weighted by atomic mass is 10.2. The van der Waals surface area contributed by atoms with Crippen LogP contribution in [0.3, 0.4) is 0 Å². The first-order valence-corrected chi connectivity index (χ1v) is 6.15. The van der Waals surface area contributed by atoms with Crippen molar-refractivity contribution >= 4 is 54.5 Å². The highest BCUT2D eigenvalue weighted by Crippen LogP contribution is 2.26. The molecule has 1 aromatic rings. The monoisotopic (exact) mass is 388 g/mol. The molecule has 0 spiro atoms. The van der Waals surface area contributed by atoms with Gasteiger partial charge >= 0.3 is 0 Å². The van der Waals surface area contributed by atoms with E-state index < -0.39 is 0 Å². The molecular formula is C8H7Br2I. The highest BCUT2D eigenvalue weighted by Gasteiger charge is 2.03. The summed E-state index contributed by atoms with van der Waals surface area (Å²) in [5.41, 5.74) is 2.63. The third-order valence-corrected chi connectivity index (χ3v) is 3.65. The first-order chi connectivity index (χ1) is 5.15. The minimum absolute atomic E-state index is 0.909. The fraction of sp³-hybridized carbons (Fsp3) is 0.250. The summed E-state index contributed by atoms with van der Waals surface area (Å²) in [6, 6.07) is 4.32. The van der Waals surface area contributed by atoms with Crippen LogP contribution in [0.15, 0.2) is 16.6 Å². The summed E-state index contributed by atoms with van der Waals surface area (Å²) in [7, 11) is 0. The molecule has 0 aliphatic carbocycles. The summed E-state index contributed by atoms with van der Waals surface area (Å²) in [4.78, 5) is 0. The van der Waals surface area contributed by atoms with E-state index in [2.05, 4.69) is 73.5 Å². The van der Waals surface area contributed by atoms with E-state index in [1.165, 1.54) is 19.2 Å². The summed E-state index contributed by atoms with van der Waals surface area (Å²) < 4.78 is 2.50. The fourth-order valence-electron chi connectivity index (χ4n) is 0.857. The molecule has 1 aromatic carbocycles. The summed E-state index contributed by atoms with van der Waals surface area (Å²) >= 11 is 9.32. The predicted octanol–water partition coefficient (Wildman–Crippen LogP) is 4.26. The van der Waals surface area contributed by atoms with E-state index >= 15 is 0 Å². The summed E-state index contributed by atoms with van der Waals surface area (Å²) in [6.45, 7) is 2.10. The van der Waals surface area contributed by atoms with Gasteiger partial charge in [0.2, 0.25) is 0 Å². The topological polar surface area (TPSA) is 0 Å². The van der Waals surface area contributed by atoms with Crippen molar-refractivity contribution in [3.8, 4) is 0 Å². The quantitative estimate of drug-likeness (QED) is 0.497. The maximum atomic E-state index is 3.52. The first-order valence-electron chi connectivity index (χ1n) is 3.15. The van der Waals surface area contributed by atoms with E-state index in [-0.39, 0.29) is 0 Å². The largest absolute Gasteiger partial charge is 0.0875 e. The van der Waals surface area contributed by atoms with Crippen LogP contribution in [-0.2, 0) is 5.33 Å². The molecule has 0 amide bonds. The maximum Gasteiger partial charge on any atom is 0.0304 e. The number of hydrogen-bond acceptors (Lipinski definition) is 0. The molecule has 0 bridgehead atoms. The number of halogens is 3. The van der Waals surface area contributed by atoms with Crippen LogP contribution in [0.4, 0.5) is 0 Å². The van der Waals surface area contributed by atoms with Gasteiger partial charge in [-0.3, -0.25) is 0 Å². The molecule has 0 unspecified atom stereocenters. The highest BCUT2D eigenvalue weighted by molar-refractivity contribution is 14.1. The minimum Gasteiger partial charge on any atom is -0.0875 e. The van der Waals surface area contributed by atoms with Gasteiger partial charge in [0.1, 0.15) is 0 Å². The Balaban J connectivity index is 3.25. The number of hydrogen-bond donors (Lipinski definition) is 0. The lowest BCUT2D eigenvalue weighted by Gasteiger charge is -2.04. The van der Waals surface area contributed by atoms with E-state index in [0.29, 0.717) is 0 Å². The molecule has 11 heavy (non-hydrogen) atoms. The zero-order valence-corrected chi connectivity index (χ0v) is 11.3. The second-order valence-corrected chi connectivity index (χ2v) is 4.92. The lowest BCUT2D eigenvalue weighted by Crippen LogP contribution is -1.87. The third-order valence-electron chi connectivity index (χ3n) is 1.42. The molecule has 0 N–H and O–H groups in total. The van der Waals surface area contributed by atoms with Crippen molar-refractivity contribution in [2.45, 2.75) is 12.3 Å². The van der Waals surface area contributed by atoms with Gasteiger partial charge in [-0.05, 0) is 52.8 Å². The van der Waals surface area contributed by atoms with Crippen LogP contribution in [-0.4, -0.2) is 0 Å². The molecule has 0 atom stereocenters. The van der Waals surface area contributed by atoms with Crippen LogP contribution in [0.2, 0.25) is 0 Å². The summed E-state index contributed by atoms with van der Waals surface area (Å²) in [5.74, 6) is 0. The van der Waals surface area contributed by atoms with Gasteiger partial charge in [-0.15, -0.1) is 0 Å². The Bertz CT molecular complexity index is 248. The molecule has 0 saturated carbocycles. The van der Waals surface area contributed by atoms with E-state index in [0.717, 1.165) is 5.33 Å². The Morgan fingerprint density at radius 2 is 2.09 bits per heavy atom. The third kappa shape index (κ3) is 2.42. The van der Waals surface area contributed by atoms with Crippen molar-refractivity contribution in [3.05, 3.63) is 31.3 Å². The second-order valence-electron chi connectivity index (χ2n) is 2.34. The van der Waals surface area contributed by atoms with Crippen LogP contribution < -0.4 is 0 Å². The van der Waals surface area contributed by atoms with Crippen LogP contribution in [0.25, 0.3) is 0 Å². The van der Waals surface area contributed by atoms with Crippen LogP contribution in [0.5, 0.6) is 0 Å². The maximum absolute atomic E-state index is 3.52. The molecule has 1 rings (SSSR count). The molecule has 3 heteroatoms. The van der Waals surface area contributed by atoms with E-state index in [1.807, 2.05) is 0 Å². The fourth-order valence-corrected chi connectivity index (χ4v) is 4.42. The zero-order valence-electron chi connectivity index (χ0n) is 6.00. The Morgan fingerprint density at radius 3 is 2.55 bits per heavy atom. The van der Waals surface area contributed by atoms with Gasteiger partial charge in [0.15, 0.2) is 0 Å². The number of rotatable bonds is 1. The average Bonchev–Trinajstić information content (AvgIpc) is 1.85. The van der Waals surface area contributed by atoms with E-state index in [1.54, 1.807) is 0 Å². The van der Waals surface area contributed by atoms with Crippen molar-refractivity contribution in [1.82, 2.24) is 0 Å². The van der Waals surface area contributed by atoms with Crippen molar-refractivity contribution in [3.63, 3.8) is 0 Å². The number of alkyl halides is 1. The molecule has 0 radical (unpaired) electrons. The minimum atomic E-state index is 0.909. The van der Waals surface area contributed by atoms with Gasteiger partial charge in [-0.1, -0.05) is 31.9 Å². The van der Waals surface area contributed by atoms with Gasteiger partial charge < -0.3 is 0 Å². The van der Waals surface area contributed by atoms with Crippen LogP contribution in [0, 0.1) is 10.5 Å². The molecule has 0 fully saturated rings. The van der Waals surface area contributed by atoms with Crippen molar-refractivity contribution in [2.24, 2.45) is 0 Å². The molecule has 0 saturated heterocycles. The van der Waals surface area contributed by atoms with Crippen LogP contribution in [0.1, 0.15) is 11.1 Å².